The van der Waals surface area contributed by atoms with Gasteiger partial charge in [0, 0.05) is 42.4 Å². The second kappa shape index (κ2) is 12.3. The van der Waals surface area contributed by atoms with Crippen LogP contribution in [0.1, 0.15) is 59.3 Å². The van der Waals surface area contributed by atoms with Gasteiger partial charge >= 0.3 is 12.1 Å². The van der Waals surface area contributed by atoms with Crippen molar-refractivity contribution in [3.05, 3.63) is 29.3 Å². The Labute approximate surface area is 207 Å². The van der Waals surface area contributed by atoms with Gasteiger partial charge in [-0.15, -0.1) is 0 Å². The first kappa shape index (κ1) is 26.1. The van der Waals surface area contributed by atoms with Crippen molar-refractivity contribution in [2.75, 3.05) is 25.0 Å². The molecule has 34 heavy (non-hydrogen) atoms. The maximum atomic E-state index is 13.4. The van der Waals surface area contributed by atoms with Gasteiger partial charge in [-0.3, -0.25) is 4.79 Å². The zero-order valence-corrected chi connectivity index (χ0v) is 21.2. The number of nitrogens with one attached hydrogen (secondary N) is 3. The van der Waals surface area contributed by atoms with E-state index in [0.717, 1.165) is 32.1 Å². The average Bonchev–Trinajstić information content (AvgIpc) is 2.82. The predicted octanol–water partition coefficient (Wildman–Crippen LogP) is 4.45. The van der Waals surface area contributed by atoms with Crippen molar-refractivity contribution in [2.24, 2.45) is 5.92 Å². The van der Waals surface area contributed by atoms with Gasteiger partial charge in [0.2, 0.25) is 5.91 Å². The number of hydrogen-bond donors (Lipinski definition) is 3. The van der Waals surface area contributed by atoms with Gasteiger partial charge < -0.3 is 25.8 Å². The van der Waals surface area contributed by atoms with Crippen LogP contribution in [0.15, 0.2) is 24.3 Å². The molecule has 1 aromatic carbocycles. The normalized spacial score (nSPS) is 20.9. The van der Waals surface area contributed by atoms with Gasteiger partial charge in [-0.25, -0.2) is 9.59 Å². The van der Waals surface area contributed by atoms with Crippen molar-refractivity contribution < 1.29 is 14.4 Å². The minimum atomic E-state index is -0.590. The van der Waals surface area contributed by atoms with Crippen molar-refractivity contribution in [2.45, 2.75) is 77.4 Å². The Hall–Kier alpha value is -2.48. The van der Waals surface area contributed by atoms with Crippen LogP contribution >= 0.6 is 11.6 Å². The predicted molar refractivity (Wildman–Crippen MR) is 135 cm³/mol. The summed E-state index contributed by atoms with van der Waals surface area (Å²) < 4.78 is 0. The third-order valence-corrected chi connectivity index (χ3v) is 7.22. The summed E-state index contributed by atoms with van der Waals surface area (Å²) in [4.78, 5) is 42.4. The number of carbonyl (C=O) groups excluding carboxylic acids is 3. The molecule has 0 bridgehead atoms. The van der Waals surface area contributed by atoms with Gasteiger partial charge in [-0.05, 0) is 43.9 Å². The van der Waals surface area contributed by atoms with Gasteiger partial charge in [0.1, 0.15) is 6.04 Å². The van der Waals surface area contributed by atoms with E-state index >= 15 is 0 Å². The molecule has 0 spiro atoms. The molecule has 5 amide bonds. The molecule has 3 atom stereocenters. The van der Waals surface area contributed by atoms with Gasteiger partial charge in [-0.1, -0.05) is 57.2 Å². The van der Waals surface area contributed by atoms with E-state index in [2.05, 4.69) is 16.0 Å². The minimum Gasteiger partial charge on any atom is -0.337 e. The molecule has 1 saturated heterocycles. The average molecular weight is 492 g/mol. The van der Waals surface area contributed by atoms with E-state index < -0.39 is 6.04 Å². The second-order valence-electron chi connectivity index (χ2n) is 9.58. The molecule has 1 heterocycles. The molecule has 0 radical (unpaired) electrons. The summed E-state index contributed by atoms with van der Waals surface area (Å²) in [6.07, 6.45) is 6.24. The lowest BCUT2D eigenvalue weighted by atomic mass is 9.95. The summed E-state index contributed by atoms with van der Waals surface area (Å²) in [5.74, 6) is -0.0843. The number of nitrogens with zero attached hydrogens (tertiary/aromatic N) is 2. The van der Waals surface area contributed by atoms with Crippen LogP contribution in [0.3, 0.4) is 0 Å². The van der Waals surface area contributed by atoms with Crippen molar-refractivity contribution in [3.63, 3.8) is 0 Å². The molecule has 1 aromatic rings. The van der Waals surface area contributed by atoms with Crippen LogP contribution in [0.4, 0.5) is 15.3 Å². The lowest BCUT2D eigenvalue weighted by Gasteiger charge is -2.41. The maximum absolute atomic E-state index is 13.4. The zero-order chi connectivity index (χ0) is 24.7. The lowest BCUT2D eigenvalue weighted by Crippen LogP contribution is -2.61. The SMILES string of the molecule is CCC(C)C(NC(=O)NC1CCCCC1)C(=O)N1CCN(C(=O)Nc2cccc(Cl)c2)C(C)C1. The summed E-state index contributed by atoms with van der Waals surface area (Å²) >= 11 is 6.01. The molecule has 1 aliphatic heterocycles. The number of anilines is 1. The molecule has 1 aliphatic carbocycles. The van der Waals surface area contributed by atoms with Gasteiger partial charge in [-0.2, -0.15) is 0 Å². The summed E-state index contributed by atoms with van der Waals surface area (Å²) in [7, 11) is 0. The third kappa shape index (κ3) is 7.01. The largest absolute Gasteiger partial charge is 0.337 e. The molecule has 3 unspecified atom stereocenters. The van der Waals surface area contributed by atoms with E-state index in [9.17, 15) is 14.4 Å². The highest BCUT2D eigenvalue weighted by molar-refractivity contribution is 6.30. The van der Waals surface area contributed by atoms with Crippen LogP contribution in [0.5, 0.6) is 0 Å². The maximum Gasteiger partial charge on any atom is 0.322 e. The highest BCUT2D eigenvalue weighted by Gasteiger charge is 2.35. The number of carbonyl (C=O) groups is 3. The van der Waals surface area contributed by atoms with E-state index in [1.54, 1.807) is 34.1 Å². The molecule has 3 N–H and O–H groups in total. The lowest BCUT2D eigenvalue weighted by molar-refractivity contribution is -0.136. The van der Waals surface area contributed by atoms with Crippen LogP contribution in [0, 0.1) is 5.92 Å². The Bertz CT molecular complexity index is 861. The molecule has 8 nitrogen and oxygen atoms in total. The van der Waals surface area contributed by atoms with E-state index in [-0.39, 0.29) is 36.0 Å². The summed E-state index contributed by atoms with van der Waals surface area (Å²) in [5, 5.41) is 9.43. The zero-order valence-electron chi connectivity index (χ0n) is 20.5. The van der Waals surface area contributed by atoms with E-state index in [1.807, 2.05) is 20.8 Å². The minimum absolute atomic E-state index is 0.00377. The van der Waals surface area contributed by atoms with Crippen molar-refractivity contribution >= 4 is 35.3 Å². The summed E-state index contributed by atoms with van der Waals surface area (Å²) in [6, 6.07) is 5.97. The molecule has 188 valence electrons. The smallest absolute Gasteiger partial charge is 0.322 e. The van der Waals surface area contributed by atoms with Gasteiger partial charge in [0.05, 0.1) is 0 Å². The Morgan fingerprint density at radius 2 is 1.88 bits per heavy atom. The Morgan fingerprint density at radius 1 is 1.15 bits per heavy atom. The van der Waals surface area contributed by atoms with Crippen LogP contribution in [-0.2, 0) is 4.79 Å². The van der Waals surface area contributed by atoms with Crippen LogP contribution in [0.2, 0.25) is 5.02 Å². The van der Waals surface area contributed by atoms with Crippen molar-refractivity contribution in [3.8, 4) is 0 Å². The van der Waals surface area contributed by atoms with Crippen LogP contribution in [-0.4, -0.2) is 65.5 Å². The third-order valence-electron chi connectivity index (χ3n) is 6.98. The Kier molecular flexibility index (Phi) is 9.45. The topological polar surface area (TPSA) is 93.8 Å². The molecule has 2 fully saturated rings. The number of halogens is 1. The quantitative estimate of drug-likeness (QED) is 0.548. The van der Waals surface area contributed by atoms with Gasteiger partial charge in [0.15, 0.2) is 0 Å². The molecule has 0 aromatic heterocycles. The summed E-state index contributed by atoms with van der Waals surface area (Å²) in [5.41, 5.74) is 0.633. The summed E-state index contributed by atoms with van der Waals surface area (Å²) in [6.45, 7) is 7.19. The van der Waals surface area contributed by atoms with Crippen molar-refractivity contribution in [1.82, 2.24) is 20.4 Å². The fraction of sp³-hybridized carbons (Fsp3) is 0.640. The van der Waals surface area contributed by atoms with Crippen LogP contribution < -0.4 is 16.0 Å². The monoisotopic (exact) mass is 491 g/mol. The first-order valence-corrected chi connectivity index (χ1v) is 12.8. The fourth-order valence-electron chi connectivity index (χ4n) is 4.72. The van der Waals surface area contributed by atoms with Crippen molar-refractivity contribution in [1.29, 1.82) is 0 Å². The standard InChI is InChI=1S/C25H38ClN5O3/c1-4-17(2)22(29-24(33)27-20-10-6-5-7-11-20)23(32)30-13-14-31(18(3)16-30)25(34)28-21-12-8-9-19(26)15-21/h8-9,12,15,17-18,20,22H,4-7,10-11,13-14,16H2,1-3H3,(H,28,34)(H2,27,29,33). The molecular formula is C25H38ClN5O3. The molecule has 9 heteroatoms. The number of benzene rings is 1. The van der Waals surface area contributed by atoms with E-state index in [1.165, 1.54) is 6.42 Å². The number of urea groups is 2. The van der Waals surface area contributed by atoms with Crippen LogP contribution in [0.25, 0.3) is 0 Å². The van der Waals surface area contributed by atoms with Gasteiger partial charge in [0.25, 0.3) is 0 Å². The number of rotatable bonds is 6. The highest BCUT2D eigenvalue weighted by Crippen LogP contribution is 2.20. The number of hydrogen-bond acceptors (Lipinski definition) is 3. The molecule has 3 rings (SSSR count). The first-order valence-electron chi connectivity index (χ1n) is 12.5. The Morgan fingerprint density at radius 3 is 2.53 bits per heavy atom. The van der Waals surface area contributed by atoms with E-state index in [0.29, 0.717) is 30.3 Å². The first-order chi connectivity index (χ1) is 16.3. The number of amides is 5. The second-order valence-corrected chi connectivity index (χ2v) is 10.0. The highest BCUT2D eigenvalue weighted by atomic mass is 35.5. The van der Waals surface area contributed by atoms with E-state index in [4.69, 9.17) is 11.6 Å². The molecule has 2 aliphatic rings. The Balaban J connectivity index is 1.57. The molecular weight excluding hydrogens is 454 g/mol. The molecule has 1 saturated carbocycles. The fourth-order valence-corrected chi connectivity index (χ4v) is 4.91. The number of piperazine rings is 1.